The second-order valence-corrected chi connectivity index (χ2v) is 2.10. The van der Waals surface area contributed by atoms with Crippen LogP contribution in [-0.4, -0.2) is 29.3 Å². The molecule has 0 aliphatic rings. The van der Waals surface area contributed by atoms with Gasteiger partial charge in [0.15, 0.2) is 6.29 Å². The fourth-order valence-corrected chi connectivity index (χ4v) is 0.656. The molecule has 0 saturated carbocycles. The topological polar surface area (TPSA) is 95.0 Å². The summed E-state index contributed by atoms with van der Waals surface area (Å²) in [4.78, 5) is 28.2. The predicted octanol–water partition coefficient (Wildman–Crippen LogP) is -3.77. The van der Waals surface area contributed by atoms with Gasteiger partial charge in [-0.1, -0.05) is 0 Å². The molecule has 0 spiro atoms. The van der Waals surface area contributed by atoms with E-state index in [1.54, 1.807) is 0 Å². The van der Waals surface area contributed by atoms with Crippen LogP contribution in [0.4, 0.5) is 5.95 Å². The molecular weight excluding hydrogens is 209 g/mol. The molecule has 7 heteroatoms. The van der Waals surface area contributed by atoms with Gasteiger partial charge >= 0.3 is 29.6 Å². The summed E-state index contributed by atoms with van der Waals surface area (Å²) in [5.41, 5.74) is 0.244. The first-order valence-electron chi connectivity index (χ1n) is 3.69. The molecule has 0 fully saturated rings. The summed E-state index contributed by atoms with van der Waals surface area (Å²) in [7, 11) is 0.750. The molecule has 0 atom stereocenters. The van der Waals surface area contributed by atoms with Gasteiger partial charge in [-0.3, -0.25) is 14.9 Å². The summed E-state index contributed by atoms with van der Waals surface area (Å²) >= 11 is 0. The van der Waals surface area contributed by atoms with Gasteiger partial charge in [0, 0.05) is 13.1 Å². The molecule has 0 unspecified atom stereocenters. The molecule has 0 radical (unpaired) electrons. The summed E-state index contributed by atoms with van der Waals surface area (Å²) in [5, 5.41) is 10.6. The van der Waals surface area contributed by atoms with Crippen LogP contribution >= 0.6 is 0 Å². The maximum absolute atomic E-state index is 10.5. The molecule has 1 N–H and O–H groups in total. The zero-order valence-electron chi connectivity index (χ0n) is 8.85. The monoisotopic (exact) mass is 219 g/mol. The molecule has 6 nitrogen and oxygen atoms in total. The van der Waals surface area contributed by atoms with Gasteiger partial charge in [-0.15, -0.1) is 0 Å². The first kappa shape index (κ1) is 16.6. The van der Waals surface area contributed by atoms with Gasteiger partial charge in [-0.25, -0.2) is 9.97 Å². The van der Waals surface area contributed by atoms with Crippen LogP contribution in [-0.2, 0) is 4.79 Å². The Balaban J connectivity index is 0. The van der Waals surface area contributed by atoms with E-state index in [1.165, 1.54) is 19.2 Å². The average Bonchev–Trinajstić information content (AvgIpc) is 2.20. The van der Waals surface area contributed by atoms with E-state index in [9.17, 15) is 9.59 Å². The number of hydrogen-bond donors (Lipinski definition) is 1. The van der Waals surface area contributed by atoms with Gasteiger partial charge in [0.25, 0.3) is 0 Å². The van der Waals surface area contributed by atoms with Crippen LogP contribution in [0.25, 0.3) is 0 Å². The number of aldehydes is 1. The Kier molecular flexibility index (Phi) is 10.8. The van der Waals surface area contributed by atoms with E-state index < -0.39 is 0 Å². The number of hydrogen-bond acceptors (Lipinski definition) is 5. The van der Waals surface area contributed by atoms with Crippen molar-refractivity contribution in [2.45, 2.75) is 6.92 Å². The molecule has 15 heavy (non-hydrogen) atoms. The van der Waals surface area contributed by atoms with Crippen molar-refractivity contribution in [3.63, 3.8) is 0 Å². The van der Waals surface area contributed by atoms with Crippen molar-refractivity contribution in [3.8, 4) is 0 Å². The second-order valence-electron chi connectivity index (χ2n) is 2.10. The van der Waals surface area contributed by atoms with Gasteiger partial charge in [0.05, 0.1) is 0 Å². The number of carbonyl (C=O) groups is 2. The van der Waals surface area contributed by atoms with Crippen molar-refractivity contribution in [1.82, 2.24) is 9.97 Å². The summed E-state index contributed by atoms with van der Waals surface area (Å²) in [5.74, 6) is -0.120. The molecule has 1 aromatic rings. The molecule has 76 valence electrons. The minimum absolute atomic E-state index is 0. The van der Waals surface area contributed by atoms with E-state index in [0.29, 0.717) is 6.29 Å². The number of aromatic nitrogens is 2. The van der Waals surface area contributed by atoms with Crippen molar-refractivity contribution < 1.29 is 44.3 Å². The minimum Gasteiger partial charge on any atom is -0.857 e. The number of amides is 1. The number of rotatable bonds is 2. The smallest absolute Gasteiger partial charge is 0.857 e. The third kappa shape index (κ3) is 7.15. The SMILES string of the molecule is CC(=O)Nc1nccc(C=O)n1.C[O-].[Na+]. The maximum Gasteiger partial charge on any atom is 1.00 e. The molecule has 1 aromatic heterocycles. The fraction of sp³-hybridized carbons (Fsp3) is 0.250. The fourth-order valence-electron chi connectivity index (χ4n) is 0.656. The Labute approximate surface area is 109 Å². The van der Waals surface area contributed by atoms with Gasteiger partial charge in [0.1, 0.15) is 5.69 Å². The van der Waals surface area contributed by atoms with Gasteiger partial charge < -0.3 is 5.11 Å². The van der Waals surface area contributed by atoms with E-state index in [1.807, 2.05) is 0 Å². The summed E-state index contributed by atoms with van der Waals surface area (Å²) in [6.07, 6.45) is 2.00. The Hall–Kier alpha value is -0.820. The first-order chi connectivity index (χ1) is 6.72. The Morgan fingerprint density at radius 3 is 2.60 bits per heavy atom. The van der Waals surface area contributed by atoms with Crippen LogP contribution in [0.15, 0.2) is 12.3 Å². The first-order valence-corrected chi connectivity index (χ1v) is 3.69. The largest absolute Gasteiger partial charge is 1.00 e. The normalized spacial score (nSPS) is 7.67. The zero-order chi connectivity index (χ0) is 11.0. The molecule has 0 bridgehead atoms. The third-order valence-corrected chi connectivity index (χ3v) is 1.09. The Morgan fingerprint density at radius 1 is 1.53 bits per heavy atom. The average molecular weight is 219 g/mol. The molecule has 0 aliphatic carbocycles. The molecule has 1 heterocycles. The van der Waals surface area contributed by atoms with E-state index in [2.05, 4.69) is 15.3 Å². The van der Waals surface area contributed by atoms with Crippen LogP contribution in [0.2, 0.25) is 0 Å². The summed E-state index contributed by atoms with van der Waals surface area (Å²) in [6.45, 7) is 1.34. The van der Waals surface area contributed by atoms with Gasteiger partial charge in [0.2, 0.25) is 11.9 Å². The Morgan fingerprint density at radius 2 is 2.13 bits per heavy atom. The van der Waals surface area contributed by atoms with Crippen molar-refractivity contribution in [1.29, 1.82) is 0 Å². The van der Waals surface area contributed by atoms with E-state index in [0.717, 1.165) is 7.11 Å². The van der Waals surface area contributed by atoms with E-state index in [4.69, 9.17) is 5.11 Å². The third-order valence-electron chi connectivity index (χ3n) is 1.09. The van der Waals surface area contributed by atoms with Crippen LogP contribution in [0.1, 0.15) is 17.4 Å². The van der Waals surface area contributed by atoms with Crippen LogP contribution in [0, 0.1) is 0 Å². The zero-order valence-corrected chi connectivity index (χ0v) is 10.9. The van der Waals surface area contributed by atoms with Crippen LogP contribution < -0.4 is 40.0 Å². The summed E-state index contributed by atoms with van der Waals surface area (Å²) in [6, 6.07) is 1.46. The minimum atomic E-state index is -0.266. The van der Waals surface area contributed by atoms with E-state index >= 15 is 0 Å². The number of nitrogens with one attached hydrogen (secondary N) is 1. The van der Waals surface area contributed by atoms with Gasteiger partial charge in [-0.2, -0.15) is 7.11 Å². The second kappa shape index (κ2) is 9.72. The molecule has 0 aromatic carbocycles. The van der Waals surface area contributed by atoms with Crippen molar-refractivity contribution in [2.24, 2.45) is 0 Å². The quantitative estimate of drug-likeness (QED) is 0.407. The standard InChI is InChI=1S/C7H7N3O2.CH3O.Na/c1-5(12)9-7-8-3-2-6(4-11)10-7;1-2;/h2-4H,1H3,(H,8,9,10,12);1H3;/q;-1;+1. The number of nitrogens with zero attached hydrogens (tertiary/aromatic N) is 2. The molecule has 0 saturated heterocycles. The van der Waals surface area contributed by atoms with Crippen LogP contribution in [0.3, 0.4) is 0 Å². The molecular formula is C8H10N3NaO3. The van der Waals surface area contributed by atoms with Crippen molar-refractivity contribution in [2.75, 3.05) is 12.4 Å². The molecule has 0 aliphatic heterocycles. The van der Waals surface area contributed by atoms with Crippen molar-refractivity contribution >= 4 is 18.1 Å². The van der Waals surface area contributed by atoms with Crippen LogP contribution in [0.5, 0.6) is 0 Å². The molecule has 1 rings (SSSR count). The Bertz CT molecular complexity index is 320. The predicted molar refractivity (Wildman–Crippen MR) is 47.6 cm³/mol. The van der Waals surface area contributed by atoms with E-state index in [-0.39, 0.29) is 47.1 Å². The maximum atomic E-state index is 10.5. The molecule has 1 amide bonds. The number of carbonyl (C=O) groups excluding carboxylic acids is 2. The summed E-state index contributed by atoms with van der Waals surface area (Å²) < 4.78 is 0. The van der Waals surface area contributed by atoms with Crippen molar-refractivity contribution in [3.05, 3.63) is 18.0 Å². The number of anilines is 1. The van der Waals surface area contributed by atoms with Gasteiger partial charge in [-0.05, 0) is 6.07 Å².